The minimum absolute atomic E-state index is 0.0165. The number of para-hydroxylation sites is 1. The topological polar surface area (TPSA) is 108 Å². The molecule has 1 amide bonds. The summed E-state index contributed by atoms with van der Waals surface area (Å²) in [5.74, 6) is -1.38. The minimum Gasteiger partial charge on any atom is -0.489 e. The molecule has 0 atom stereocenters. The van der Waals surface area contributed by atoms with Crippen molar-refractivity contribution in [2.24, 2.45) is 0 Å². The second-order valence-corrected chi connectivity index (χ2v) is 7.07. The first kappa shape index (κ1) is 23.5. The van der Waals surface area contributed by atoms with Crippen LogP contribution in [-0.2, 0) is 22.3 Å². The summed E-state index contributed by atoms with van der Waals surface area (Å²) < 4.78 is 56.4. The highest BCUT2D eigenvalue weighted by atomic mass is 19.4. The van der Waals surface area contributed by atoms with Gasteiger partial charge in [0.2, 0.25) is 5.76 Å². The van der Waals surface area contributed by atoms with E-state index in [9.17, 15) is 22.8 Å². The third kappa shape index (κ3) is 5.85. The van der Waals surface area contributed by atoms with Gasteiger partial charge in [-0.3, -0.25) is 4.79 Å². The van der Waals surface area contributed by atoms with Crippen molar-refractivity contribution < 1.29 is 36.7 Å². The van der Waals surface area contributed by atoms with Gasteiger partial charge in [0, 0.05) is 5.56 Å². The maximum absolute atomic E-state index is 13.2. The maximum Gasteiger partial charge on any atom is 0.416 e. The fourth-order valence-electron chi connectivity index (χ4n) is 3.03. The fourth-order valence-corrected chi connectivity index (χ4v) is 3.03. The van der Waals surface area contributed by atoms with Crippen molar-refractivity contribution in [2.75, 3.05) is 11.9 Å². The molecule has 0 bridgehead atoms. The van der Waals surface area contributed by atoms with Crippen LogP contribution in [0.5, 0.6) is 5.75 Å². The van der Waals surface area contributed by atoms with Gasteiger partial charge in [-0.25, -0.2) is 14.5 Å². The standard InChI is InChI=1S/C23H17F3N4O5/c24-23(25,26)16-6-7-19(30-14-27-13-28-30)18(10-16)29-20(31)12-35-22(32)21-15(8-9-33-21)11-34-17-4-2-1-3-5-17/h1-10,13-14H,11-12H2,(H,29,31). The molecule has 35 heavy (non-hydrogen) atoms. The summed E-state index contributed by atoms with van der Waals surface area (Å²) in [6.07, 6.45) is -0.917. The summed E-state index contributed by atoms with van der Waals surface area (Å²) in [5, 5.41) is 6.18. The van der Waals surface area contributed by atoms with Crippen molar-refractivity contribution in [1.29, 1.82) is 0 Å². The molecule has 2 heterocycles. The van der Waals surface area contributed by atoms with Crippen LogP contribution in [0, 0.1) is 0 Å². The molecule has 9 nitrogen and oxygen atoms in total. The molecule has 0 unspecified atom stereocenters. The summed E-state index contributed by atoms with van der Waals surface area (Å²) in [7, 11) is 0. The van der Waals surface area contributed by atoms with Crippen molar-refractivity contribution in [3.63, 3.8) is 0 Å². The van der Waals surface area contributed by atoms with Crippen LogP contribution >= 0.6 is 0 Å². The summed E-state index contributed by atoms with van der Waals surface area (Å²) in [6.45, 7) is -0.756. The van der Waals surface area contributed by atoms with Crippen molar-refractivity contribution in [3.05, 3.63) is 90.4 Å². The zero-order chi connectivity index (χ0) is 24.8. The molecule has 4 rings (SSSR count). The number of furan rings is 1. The van der Waals surface area contributed by atoms with Crippen molar-refractivity contribution >= 4 is 17.6 Å². The van der Waals surface area contributed by atoms with E-state index in [0.717, 1.165) is 18.2 Å². The second kappa shape index (κ2) is 10.1. The molecule has 1 N–H and O–H groups in total. The Morgan fingerprint density at radius 3 is 2.60 bits per heavy atom. The number of hydrogen-bond donors (Lipinski definition) is 1. The number of amides is 1. The number of hydrogen-bond acceptors (Lipinski definition) is 7. The van der Waals surface area contributed by atoms with Crippen LogP contribution in [0.4, 0.5) is 18.9 Å². The van der Waals surface area contributed by atoms with E-state index < -0.39 is 30.2 Å². The summed E-state index contributed by atoms with van der Waals surface area (Å²) in [5.41, 5.74) is -0.638. The van der Waals surface area contributed by atoms with Gasteiger partial charge < -0.3 is 19.2 Å². The smallest absolute Gasteiger partial charge is 0.416 e. The Labute approximate surface area is 196 Å². The Bertz CT molecular complexity index is 1300. The molecule has 0 aliphatic rings. The summed E-state index contributed by atoms with van der Waals surface area (Å²) in [4.78, 5) is 28.6. The normalized spacial score (nSPS) is 11.2. The number of aromatic nitrogens is 3. The van der Waals surface area contributed by atoms with Crippen LogP contribution < -0.4 is 10.1 Å². The second-order valence-electron chi connectivity index (χ2n) is 7.07. The predicted molar refractivity (Wildman–Crippen MR) is 115 cm³/mol. The third-order valence-corrected chi connectivity index (χ3v) is 4.67. The van der Waals surface area contributed by atoms with E-state index >= 15 is 0 Å². The Balaban J connectivity index is 1.41. The van der Waals surface area contributed by atoms with Gasteiger partial charge in [0.05, 0.1) is 23.2 Å². The van der Waals surface area contributed by atoms with E-state index in [2.05, 4.69) is 15.4 Å². The van der Waals surface area contributed by atoms with Gasteiger partial charge in [-0.15, -0.1) is 0 Å². The van der Waals surface area contributed by atoms with E-state index in [0.29, 0.717) is 11.3 Å². The Morgan fingerprint density at radius 1 is 1.09 bits per heavy atom. The Kier molecular flexibility index (Phi) is 6.81. The van der Waals surface area contributed by atoms with E-state index in [1.54, 1.807) is 24.3 Å². The molecule has 0 spiro atoms. The number of carbonyl (C=O) groups excluding carboxylic acids is 2. The number of nitrogens with zero attached hydrogens (tertiary/aromatic N) is 3. The average Bonchev–Trinajstić information content (AvgIpc) is 3.54. The number of rotatable bonds is 8. The molecule has 2 aromatic heterocycles. The molecule has 0 radical (unpaired) electrons. The predicted octanol–water partition coefficient (Wildman–Crippen LogP) is 4.25. The Hall–Kier alpha value is -4.61. The largest absolute Gasteiger partial charge is 0.489 e. The lowest BCUT2D eigenvalue weighted by molar-refractivity contribution is -0.137. The van der Waals surface area contributed by atoms with E-state index in [-0.39, 0.29) is 23.7 Å². The molecule has 4 aromatic rings. The maximum atomic E-state index is 13.2. The van der Waals surface area contributed by atoms with Gasteiger partial charge in [0.1, 0.15) is 25.0 Å². The zero-order valence-corrected chi connectivity index (χ0v) is 17.9. The summed E-state index contributed by atoms with van der Waals surface area (Å²) >= 11 is 0. The monoisotopic (exact) mass is 486 g/mol. The van der Waals surface area contributed by atoms with Gasteiger partial charge >= 0.3 is 12.1 Å². The number of alkyl halides is 3. The van der Waals surface area contributed by atoms with Crippen LogP contribution in [0.25, 0.3) is 5.69 Å². The van der Waals surface area contributed by atoms with Crippen LogP contribution in [0.2, 0.25) is 0 Å². The highest BCUT2D eigenvalue weighted by Crippen LogP contribution is 2.33. The number of anilines is 1. The van der Waals surface area contributed by atoms with Gasteiger partial charge in [0.15, 0.2) is 6.61 Å². The van der Waals surface area contributed by atoms with Crippen molar-refractivity contribution in [1.82, 2.24) is 14.8 Å². The number of carbonyl (C=O) groups is 2. The molecule has 0 aliphatic carbocycles. The van der Waals surface area contributed by atoms with Gasteiger partial charge in [-0.05, 0) is 36.4 Å². The molecule has 0 fully saturated rings. The van der Waals surface area contributed by atoms with E-state index in [1.165, 1.54) is 29.7 Å². The first-order valence-electron chi connectivity index (χ1n) is 10.1. The first-order valence-corrected chi connectivity index (χ1v) is 10.1. The Morgan fingerprint density at radius 2 is 1.89 bits per heavy atom. The number of benzene rings is 2. The van der Waals surface area contributed by atoms with E-state index in [4.69, 9.17) is 13.9 Å². The average molecular weight is 486 g/mol. The highest BCUT2D eigenvalue weighted by molar-refractivity contribution is 5.96. The minimum atomic E-state index is -4.63. The lowest BCUT2D eigenvalue weighted by Crippen LogP contribution is -2.22. The fraction of sp³-hybridized carbons (Fsp3) is 0.130. The molecular formula is C23H17F3N4O5. The molecule has 0 aliphatic heterocycles. The third-order valence-electron chi connectivity index (χ3n) is 4.67. The summed E-state index contributed by atoms with van der Waals surface area (Å²) in [6, 6.07) is 13.1. The van der Waals surface area contributed by atoms with Gasteiger partial charge in [-0.2, -0.15) is 18.3 Å². The van der Waals surface area contributed by atoms with Crippen LogP contribution in [0.3, 0.4) is 0 Å². The number of halogens is 3. The number of ether oxygens (including phenoxy) is 2. The number of esters is 1. The molecular weight excluding hydrogens is 469 g/mol. The lowest BCUT2D eigenvalue weighted by atomic mass is 10.1. The lowest BCUT2D eigenvalue weighted by Gasteiger charge is -2.14. The quantitative estimate of drug-likeness (QED) is 0.371. The number of nitrogens with one attached hydrogen (secondary N) is 1. The molecule has 12 heteroatoms. The molecule has 2 aromatic carbocycles. The van der Waals surface area contributed by atoms with Gasteiger partial charge in [0.25, 0.3) is 5.91 Å². The molecule has 0 saturated carbocycles. The molecule has 0 saturated heterocycles. The van der Waals surface area contributed by atoms with Crippen LogP contribution in [-0.4, -0.2) is 33.2 Å². The SMILES string of the molecule is O=C(COC(=O)c1occc1COc1ccccc1)Nc1cc(C(F)(F)F)ccc1-n1cncn1. The van der Waals surface area contributed by atoms with Crippen molar-refractivity contribution in [2.45, 2.75) is 12.8 Å². The van der Waals surface area contributed by atoms with Crippen LogP contribution in [0.1, 0.15) is 21.7 Å². The van der Waals surface area contributed by atoms with Crippen molar-refractivity contribution in [3.8, 4) is 11.4 Å². The highest BCUT2D eigenvalue weighted by Gasteiger charge is 2.31. The van der Waals surface area contributed by atoms with Gasteiger partial charge in [-0.1, -0.05) is 18.2 Å². The zero-order valence-electron chi connectivity index (χ0n) is 17.9. The van der Waals surface area contributed by atoms with Crippen LogP contribution in [0.15, 0.2) is 77.9 Å². The molecule has 180 valence electrons. The first-order chi connectivity index (χ1) is 16.8. The van der Waals surface area contributed by atoms with E-state index in [1.807, 2.05) is 6.07 Å².